The Balaban J connectivity index is -0.0000000311. The number of rotatable bonds is 19. The Bertz CT molecular complexity index is 1200. The Labute approximate surface area is 535 Å². The Kier molecular flexibility index (Phi) is 104. The van der Waals surface area contributed by atoms with Gasteiger partial charge in [0, 0.05) is 86.7 Å². The predicted molar refractivity (Wildman–Crippen MR) is 173 cm³/mol. The number of carboxylic acid groups (broad SMARTS) is 12. The van der Waals surface area contributed by atoms with Crippen LogP contribution in [0.15, 0.2) is 0 Å². The minimum absolute atomic E-state index is 0. The van der Waals surface area contributed by atoms with Gasteiger partial charge in [-0.1, -0.05) is 0 Å². The first kappa shape index (κ1) is 111. The molecule has 3 unspecified atom stereocenters. The summed E-state index contributed by atoms with van der Waals surface area (Å²) < 4.78 is 0. The summed E-state index contributed by atoms with van der Waals surface area (Å²) in [6.45, 7) is 0. The number of aliphatic hydroxyl groups is 5. The number of aliphatic carboxylic acids is 12. The molecule has 0 spiro atoms. The van der Waals surface area contributed by atoms with E-state index in [0.29, 0.717) is 0 Å². The molecule has 0 bridgehead atoms. The number of hydrogen-bond donors (Lipinski definition) is 5. The molecule has 64 heavy (non-hydrogen) atoms. The van der Waals surface area contributed by atoms with Gasteiger partial charge in [-0.05, 0) is 0 Å². The van der Waals surface area contributed by atoms with Crippen molar-refractivity contribution in [2.75, 3.05) is 0 Å². The van der Waals surface area contributed by atoms with E-state index in [2.05, 4.69) is 0 Å². The van der Waals surface area contributed by atoms with Gasteiger partial charge >= 0.3 is 226 Å². The SMILES string of the molecule is O.O.O.O.O.O=C([O-])CC(O)(CC(=O)[O-])C(=O)[O-].O=C([O-])CC(O)(CC(=O)[O-])C(=O)[O-].O=C([O-])CC(O)C(=O)[O-].O=C([O-])CC(O)C(=O)[O-].O=C([O-])CC(O)C(=O)[O-].[Ca+2].[Ca+2].[Ca+2].[Ca+2].[Ca+2].[Ca+2]. The largest absolute Gasteiger partial charge is 2.00 e. The van der Waals surface area contributed by atoms with Gasteiger partial charge in [0.1, 0.15) is 11.2 Å². The van der Waals surface area contributed by atoms with Crippen LogP contribution >= 0.6 is 0 Å². The van der Waals surface area contributed by atoms with Gasteiger partial charge in [0.05, 0.1) is 48.2 Å². The monoisotopic (exact) mass is 1100 g/mol. The molecule has 0 saturated heterocycles. The molecule has 0 heterocycles. The van der Waals surface area contributed by atoms with Crippen LogP contribution in [0.4, 0.5) is 0 Å². The molecule has 40 heteroatoms. The molecule has 34 nitrogen and oxygen atoms in total. The van der Waals surface area contributed by atoms with E-state index in [1.807, 2.05) is 0 Å². The average molecular weight is 1100 g/mol. The molecule has 0 aromatic heterocycles. The number of hydrogen-bond acceptors (Lipinski definition) is 29. The zero-order chi connectivity index (χ0) is 43.6. The van der Waals surface area contributed by atoms with Crippen molar-refractivity contribution in [2.24, 2.45) is 0 Å². The molecule has 3 atom stereocenters. The van der Waals surface area contributed by atoms with E-state index in [-0.39, 0.29) is 254 Å². The third-order valence-corrected chi connectivity index (χ3v) is 4.40. The summed E-state index contributed by atoms with van der Waals surface area (Å²) in [5, 5.41) is 160. The van der Waals surface area contributed by atoms with Crippen LogP contribution in [0.2, 0.25) is 0 Å². The number of carbonyl (C=O) groups excluding carboxylic acids is 12. The van der Waals surface area contributed by atoms with Gasteiger partial charge in [0.25, 0.3) is 0 Å². The van der Waals surface area contributed by atoms with Crippen molar-refractivity contribution in [3.05, 3.63) is 0 Å². The quantitative estimate of drug-likeness (QED) is 0.0750. The van der Waals surface area contributed by atoms with Gasteiger partial charge < -0.3 is 172 Å². The number of aliphatic hydroxyl groups excluding tert-OH is 3. The van der Waals surface area contributed by atoms with Crippen molar-refractivity contribution in [1.82, 2.24) is 0 Å². The minimum Gasteiger partial charge on any atom is -0.550 e. The first-order valence-corrected chi connectivity index (χ1v) is 12.6. The standard InChI is InChI=1S/2C6H8O7.3C4H6O5.6Ca.5H2O/c2*7-3(8)1-6(13,5(11)12)2-4(9)10;3*5-2(4(8)9)1-3(6)7;;;;;;;;;;;/h2*13H,1-2H2,(H,7,8)(H,9,10)(H,11,12);3*2,5H,1H2,(H,6,7)(H,8,9);;;;;;;5*1H2/q;;;;;6*+2;;;;;/p-12. The summed E-state index contributed by atoms with van der Waals surface area (Å²) in [7, 11) is 0. The normalized spacial score (nSPS) is 9.70. The molecule has 0 radical (unpaired) electrons. The van der Waals surface area contributed by atoms with Gasteiger partial charge in [0.15, 0.2) is 0 Å². The van der Waals surface area contributed by atoms with E-state index in [4.69, 9.17) is 25.5 Å². The molecule has 344 valence electrons. The zero-order valence-corrected chi connectivity index (χ0v) is 45.7. The molecule has 0 saturated carbocycles. The Morgan fingerprint density at radius 2 is 0.438 bits per heavy atom. The maximum atomic E-state index is 10.1. The third kappa shape index (κ3) is 74.3. The van der Waals surface area contributed by atoms with Gasteiger partial charge in [-0.15, -0.1) is 0 Å². The Hall–Kier alpha value is 0.798. The topological polar surface area (TPSA) is 740 Å². The molecule has 15 N–H and O–H groups in total. The van der Waals surface area contributed by atoms with E-state index < -0.39 is 146 Å². The van der Waals surface area contributed by atoms with Crippen LogP contribution in [0.5, 0.6) is 0 Å². The van der Waals surface area contributed by atoms with Crippen molar-refractivity contribution in [2.45, 2.75) is 74.5 Å². The van der Waals surface area contributed by atoms with Gasteiger partial charge in [0.2, 0.25) is 0 Å². The number of carbonyl (C=O) groups is 12. The van der Waals surface area contributed by atoms with E-state index in [1.54, 1.807) is 0 Å². The van der Waals surface area contributed by atoms with Crippen LogP contribution in [0.25, 0.3) is 0 Å². The van der Waals surface area contributed by atoms with E-state index >= 15 is 0 Å². The van der Waals surface area contributed by atoms with Crippen LogP contribution in [0.3, 0.4) is 0 Å². The minimum atomic E-state index is -2.97. The Morgan fingerprint density at radius 1 is 0.312 bits per heavy atom. The maximum Gasteiger partial charge on any atom is 2.00 e. The molecule has 0 aliphatic heterocycles. The first-order chi connectivity index (χ1) is 23.7. The fourth-order valence-corrected chi connectivity index (χ4v) is 2.09. The van der Waals surface area contributed by atoms with E-state index in [9.17, 15) is 119 Å². The summed E-state index contributed by atoms with van der Waals surface area (Å²) >= 11 is 0. The second-order valence-corrected chi connectivity index (χ2v) is 9.07. The second kappa shape index (κ2) is 59.9. The molecule has 0 aromatic rings. The zero-order valence-electron chi connectivity index (χ0n) is 32.5. The second-order valence-electron chi connectivity index (χ2n) is 9.07. The predicted octanol–water partition coefficient (Wildman–Crippen LogP) is -28.2. The van der Waals surface area contributed by atoms with Crippen molar-refractivity contribution >= 4 is 298 Å². The van der Waals surface area contributed by atoms with Crippen molar-refractivity contribution in [3.63, 3.8) is 0 Å². The third-order valence-electron chi connectivity index (χ3n) is 4.40. The summed E-state index contributed by atoms with van der Waals surface area (Å²) in [5.41, 5.74) is -5.95. The van der Waals surface area contributed by atoms with E-state index in [1.165, 1.54) is 0 Å². The average Bonchev–Trinajstić information content (AvgIpc) is 2.91. The fraction of sp³-hybridized carbons (Fsp3) is 0.500. The molecule has 0 aliphatic carbocycles. The van der Waals surface area contributed by atoms with E-state index in [0.717, 1.165) is 0 Å². The fourth-order valence-electron chi connectivity index (χ4n) is 2.09. The van der Waals surface area contributed by atoms with Gasteiger partial charge in [-0.2, -0.15) is 0 Å². The van der Waals surface area contributed by atoms with Crippen LogP contribution in [-0.2, 0) is 57.5 Å². The van der Waals surface area contributed by atoms with Crippen LogP contribution < -0.4 is 61.3 Å². The van der Waals surface area contributed by atoms with Gasteiger partial charge in [-0.25, -0.2) is 0 Å². The maximum absolute atomic E-state index is 10.1. The molecular weight excluding hydrogens is 1070 g/mol. The molecule has 0 aromatic carbocycles. The smallest absolute Gasteiger partial charge is 0.550 e. The molecule has 0 amide bonds. The summed E-state index contributed by atoms with van der Waals surface area (Å²) in [4.78, 5) is 117. The summed E-state index contributed by atoms with van der Waals surface area (Å²) in [6.07, 6.45) is -14.1. The summed E-state index contributed by atoms with van der Waals surface area (Å²) in [5.74, 6) is -22.2. The number of carboxylic acids is 12. The molecule has 0 aliphatic rings. The summed E-state index contributed by atoms with van der Waals surface area (Å²) in [6, 6.07) is 0. The van der Waals surface area contributed by atoms with Crippen LogP contribution in [0, 0.1) is 0 Å². The van der Waals surface area contributed by atoms with Crippen LogP contribution in [0.1, 0.15) is 44.9 Å². The van der Waals surface area contributed by atoms with Gasteiger partial charge in [-0.3, -0.25) is 0 Å². The molecule has 0 rings (SSSR count). The Morgan fingerprint density at radius 3 is 0.484 bits per heavy atom. The van der Waals surface area contributed by atoms with Crippen molar-refractivity contribution in [3.8, 4) is 0 Å². The molecule has 0 fully saturated rings. The first-order valence-electron chi connectivity index (χ1n) is 12.6. The van der Waals surface area contributed by atoms with Crippen molar-refractivity contribution < 1.29 is 172 Å². The van der Waals surface area contributed by atoms with Crippen LogP contribution in [-0.4, -0.2) is 380 Å². The molecular formula is C24H32Ca6O34. The van der Waals surface area contributed by atoms with Crippen molar-refractivity contribution in [1.29, 1.82) is 0 Å².